The second kappa shape index (κ2) is 7.59. The number of rotatable bonds is 7. The number of hydrogen-bond donors (Lipinski definition) is 3. The third kappa shape index (κ3) is 5.23. The van der Waals surface area contributed by atoms with E-state index in [1.165, 1.54) is 0 Å². The molecule has 1 aromatic heterocycles. The molecule has 18 heavy (non-hydrogen) atoms. The molecule has 1 unspecified atom stereocenters. The summed E-state index contributed by atoms with van der Waals surface area (Å²) in [5.74, 6) is 0.794. The third-order valence-corrected chi connectivity index (χ3v) is 3.24. The Labute approximate surface area is 116 Å². The molecule has 0 aliphatic carbocycles. The molecule has 0 aliphatic rings. The molecule has 0 radical (unpaired) electrons. The van der Waals surface area contributed by atoms with Gasteiger partial charge >= 0.3 is 0 Å². The minimum atomic E-state index is -0.104. The lowest BCUT2D eigenvalue weighted by atomic mass is 9.94. The predicted octanol–water partition coefficient (Wildman–Crippen LogP) is 2.55. The fourth-order valence-corrected chi connectivity index (χ4v) is 2.33. The Morgan fingerprint density at radius 1 is 1.56 bits per heavy atom. The zero-order valence-corrected chi connectivity index (χ0v) is 12.5. The number of carbonyl (C=O) groups is 1. The van der Waals surface area contributed by atoms with E-state index in [9.17, 15) is 4.79 Å². The first-order valence-corrected chi connectivity index (χ1v) is 7.05. The van der Waals surface area contributed by atoms with Gasteiger partial charge in [0.15, 0.2) is 0 Å². The first-order chi connectivity index (χ1) is 8.52. The molecule has 0 fully saturated rings. The van der Waals surface area contributed by atoms with Crippen molar-refractivity contribution < 1.29 is 9.90 Å². The summed E-state index contributed by atoms with van der Waals surface area (Å²) < 4.78 is 0.863. The number of hydrogen-bond acceptors (Lipinski definition) is 2. The van der Waals surface area contributed by atoms with Crippen molar-refractivity contribution in [2.75, 3.05) is 13.2 Å². The Balaban J connectivity index is 2.43. The summed E-state index contributed by atoms with van der Waals surface area (Å²) in [5.41, 5.74) is 0.550. The van der Waals surface area contributed by atoms with E-state index < -0.39 is 0 Å². The van der Waals surface area contributed by atoms with Crippen LogP contribution in [0.4, 0.5) is 0 Å². The lowest BCUT2D eigenvalue weighted by Gasteiger charge is -2.18. The van der Waals surface area contributed by atoms with Crippen molar-refractivity contribution in [3.05, 3.63) is 22.4 Å². The lowest BCUT2D eigenvalue weighted by Crippen LogP contribution is -2.30. The van der Waals surface area contributed by atoms with Gasteiger partial charge in [-0.15, -0.1) is 0 Å². The minimum Gasteiger partial charge on any atom is -0.396 e. The predicted molar refractivity (Wildman–Crippen MR) is 75.5 cm³/mol. The number of nitrogens with one attached hydrogen (secondary N) is 2. The Morgan fingerprint density at radius 3 is 2.78 bits per heavy atom. The van der Waals surface area contributed by atoms with Gasteiger partial charge in [-0.3, -0.25) is 4.79 Å². The SMILES string of the molecule is CC(C)CC(CCO)CNC(=O)c1cc(Br)c[nH]1. The molecule has 1 rings (SSSR count). The molecule has 0 bridgehead atoms. The maximum Gasteiger partial charge on any atom is 0.267 e. The molecule has 1 aromatic rings. The number of aromatic amines is 1. The van der Waals surface area contributed by atoms with Crippen molar-refractivity contribution in [1.29, 1.82) is 0 Å². The molecule has 5 heteroatoms. The van der Waals surface area contributed by atoms with Crippen molar-refractivity contribution >= 4 is 21.8 Å². The fourth-order valence-electron chi connectivity index (χ4n) is 1.98. The maximum atomic E-state index is 11.8. The van der Waals surface area contributed by atoms with Gasteiger partial charge in [0.05, 0.1) is 0 Å². The van der Waals surface area contributed by atoms with E-state index in [0.717, 1.165) is 17.3 Å². The van der Waals surface area contributed by atoms with Crippen LogP contribution in [-0.4, -0.2) is 29.1 Å². The zero-order chi connectivity index (χ0) is 13.5. The molecule has 0 saturated heterocycles. The summed E-state index contributed by atoms with van der Waals surface area (Å²) in [7, 11) is 0. The molecule has 0 spiro atoms. The summed E-state index contributed by atoms with van der Waals surface area (Å²) >= 11 is 3.29. The quantitative estimate of drug-likeness (QED) is 0.723. The van der Waals surface area contributed by atoms with Gasteiger partial charge in [-0.25, -0.2) is 0 Å². The van der Waals surface area contributed by atoms with Crippen LogP contribution < -0.4 is 5.32 Å². The van der Waals surface area contributed by atoms with Crippen LogP contribution in [0, 0.1) is 11.8 Å². The van der Waals surface area contributed by atoms with Gasteiger partial charge in [0.2, 0.25) is 0 Å². The Morgan fingerprint density at radius 2 is 2.28 bits per heavy atom. The molecule has 0 aromatic carbocycles. The van der Waals surface area contributed by atoms with Gasteiger partial charge in [-0.05, 0) is 46.7 Å². The van der Waals surface area contributed by atoms with Crippen LogP contribution in [-0.2, 0) is 0 Å². The van der Waals surface area contributed by atoms with Gasteiger partial charge in [0.1, 0.15) is 5.69 Å². The van der Waals surface area contributed by atoms with E-state index in [-0.39, 0.29) is 12.5 Å². The molecule has 1 atom stereocenters. The van der Waals surface area contributed by atoms with E-state index in [2.05, 4.69) is 40.1 Å². The van der Waals surface area contributed by atoms with E-state index in [4.69, 9.17) is 5.11 Å². The highest BCUT2D eigenvalue weighted by Crippen LogP contribution is 2.15. The fraction of sp³-hybridized carbons (Fsp3) is 0.615. The number of aromatic nitrogens is 1. The average Bonchev–Trinajstić information content (AvgIpc) is 2.72. The van der Waals surface area contributed by atoms with Crippen LogP contribution in [0.2, 0.25) is 0 Å². The Kier molecular flexibility index (Phi) is 6.43. The third-order valence-electron chi connectivity index (χ3n) is 2.79. The van der Waals surface area contributed by atoms with E-state index >= 15 is 0 Å². The van der Waals surface area contributed by atoms with Gasteiger partial charge in [0, 0.05) is 23.8 Å². The Bertz CT molecular complexity index is 377. The molecule has 1 amide bonds. The molecular weight excluding hydrogens is 296 g/mol. The van der Waals surface area contributed by atoms with Crippen LogP contribution in [0.1, 0.15) is 37.2 Å². The van der Waals surface area contributed by atoms with Crippen molar-refractivity contribution in [1.82, 2.24) is 10.3 Å². The van der Waals surface area contributed by atoms with Gasteiger partial charge < -0.3 is 15.4 Å². The molecule has 4 nitrogen and oxygen atoms in total. The van der Waals surface area contributed by atoms with Crippen molar-refractivity contribution in [3.63, 3.8) is 0 Å². The minimum absolute atomic E-state index is 0.104. The van der Waals surface area contributed by atoms with Crippen LogP contribution in [0.5, 0.6) is 0 Å². The molecule has 102 valence electrons. The van der Waals surface area contributed by atoms with Crippen molar-refractivity contribution in [2.24, 2.45) is 11.8 Å². The maximum absolute atomic E-state index is 11.8. The number of H-pyrrole nitrogens is 1. The van der Waals surface area contributed by atoms with Crippen molar-refractivity contribution in [2.45, 2.75) is 26.7 Å². The van der Waals surface area contributed by atoms with Crippen LogP contribution in [0.25, 0.3) is 0 Å². The molecule has 1 heterocycles. The normalized spacial score (nSPS) is 12.7. The van der Waals surface area contributed by atoms with Crippen molar-refractivity contribution in [3.8, 4) is 0 Å². The zero-order valence-electron chi connectivity index (χ0n) is 10.9. The van der Waals surface area contributed by atoms with E-state index in [1.807, 2.05) is 0 Å². The average molecular weight is 317 g/mol. The first-order valence-electron chi connectivity index (χ1n) is 6.26. The van der Waals surface area contributed by atoms with Crippen LogP contribution >= 0.6 is 15.9 Å². The molecule has 0 saturated carbocycles. The summed E-state index contributed by atoms with van der Waals surface area (Å²) in [6.07, 6.45) is 3.47. The highest BCUT2D eigenvalue weighted by molar-refractivity contribution is 9.10. The summed E-state index contributed by atoms with van der Waals surface area (Å²) in [5, 5.41) is 11.9. The van der Waals surface area contributed by atoms with E-state index in [0.29, 0.717) is 24.1 Å². The first kappa shape index (κ1) is 15.2. The Hall–Kier alpha value is -0.810. The molecular formula is C13H21BrN2O2. The largest absolute Gasteiger partial charge is 0.396 e. The van der Waals surface area contributed by atoms with Gasteiger partial charge in [0.25, 0.3) is 5.91 Å². The molecule has 3 N–H and O–H groups in total. The standard InChI is InChI=1S/C13H21BrN2O2/c1-9(2)5-10(3-4-17)7-16-13(18)12-6-11(14)8-15-12/h6,8-10,15,17H,3-5,7H2,1-2H3,(H,16,18). The van der Waals surface area contributed by atoms with Gasteiger partial charge in [-0.1, -0.05) is 13.8 Å². The topological polar surface area (TPSA) is 65.1 Å². The monoisotopic (exact) mass is 316 g/mol. The number of aliphatic hydroxyl groups is 1. The second-order valence-electron chi connectivity index (χ2n) is 4.95. The summed E-state index contributed by atoms with van der Waals surface area (Å²) in [6, 6.07) is 1.75. The van der Waals surface area contributed by atoms with Crippen LogP contribution in [0.15, 0.2) is 16.7 Å². The molecule has 0 aliphatic heterocycles. The second-order valence-corrected chi connectivity index (χ2v) is 5.87. The smallest absolute Gasteiger partial charge is 0.267 e. The number of halogens is 1. The lowest BCUT2D eigenvalue weighted by molar-refractivity contribution is 0.0937. The number of carbonyl (C=O) groups excluding carboxylic acids is 1. The van der Waals surface area contributed by atoms with Gasteiger partial charge in [-0.2, -0.15) is 0 Å². The van der Waals surface area contributed by atoms with Crippen LogP contribution in [0.3, 0.4) is 0 Å². The highest BCUT2D eigenvalue weighted by Gasteiger charge is 2.13. The summed E-state index contributed by atoms with van der Waals surface area (Å²) in [4.78, 5) is 14.7. The number of amides is 1. The van der Waals surface area contributed by atoms with E-state index in [1.54, 1.807) is 12.3 Å². The number of aliphatic hydroxyl groups excluding tert-OH is 1. The summed E-state index contributed by atoms with van der Waals surface area (Å²) in [6.45, 7) is 5.07. The highest BCUT2D eigenvalue weighted by atomic mass is 79.9.